The van der Waals surface area contributed by atoms with Gasteiger partial charge in [0.2, 0.25) is 6.10 Å². The van der Waals surface area contributed by atoms with Gasteiger partial charge in [0.25, 0.3) is 11.8 Å². The van der Waals surface area contributed by atoms with E-state index in [2.05, 4.69) is 25.4 Å². The number of β-lactam (4-membered cyclic amide) rings is 1. The fourth-order valence-corrected chi connectivity index (χ4v) is 7.25. The fourth-order valence-electron chi connectivity index (χ4n) is 4.36. The lowest BCUT2D eigenvalue weighted by Gasteiger charge is -2.49. The van der Waals surface area contributed by atoms with E-state index >= 15 is 0 Å². The number of oxime groups is 1. The van der Waals surface area contributed by atoms with E-state index in [9.17, 15) is 39.6 Å². The standard InChI is InChI=1S/C25H24N10O9S3/c26-12-17(27)32-25(33-18(12)28)47-5-8-4-45-21-14(20(39)35(21)15(8)22(40)41)31-19(38)13(9-6-46-24(29)30-9)34-44-16(23(42)43)7-1-2-10(36)11(37)3-7/h1-3,6,14,16,21,36-37H,4-5,26H2,(H2,29,30)(H,31,38)(H,40,41)(H,42,43)(H4,27,28,32,33)/b34-13-/t14?,16-,21+/m0/s1. The van der Waals surface area contributed by atoms with E-state index in [0.717, 1.165) is 40.1 Å². The minimum Gasteiger partial charge on any atom is -0.504 e. The van der Waals surface area contributed by atoms with Crippen LogP contribution in [0.25, 0.3) is 0 Å². The van der Waals surface area contributed by atoms with Gasteiger partial charge in [0, 0.05) is 22.4 Å². The third-order valence-corrected chi connectivity index (χ3v) is 9.60. The van der Waals surface area contributed by atoms with Crippen LogP contribution in [0.15, 0.2) is 45.2 Å². The highest BCUT2D eigenvalue weighted by molar-refractivity contribution is 8.01. The summed E-state index contributed by atoms with van der Waals surface area (Å²) >= 11 is 3.19. The Morgan fingerprint density at radius 1 is 1.11 bits per heavy atom. The lowest BCUT2D eigenvalue weighted by Crippen LogP contribution is -2.71. The van der Waals surface area contributed by atoms with Crippen LogP contribution in [0.1, 0.15) is 17.4 Å². The molecule has 13 N–H and O–H groups in total. The van der Waals surface area contributed by atoms with Gasteiger partial charge < -0.3 is 53.5 Å². The second-order valence-corrected chi connectivity index (χ2v) is 12.6. The monoisotopic (exact) mass is 704 g/mol. The first kappa shape index (κ1) is 32.9. The summed E-state index contributed by atoms with van der Waals surface area (Å²) in [4.78, 5) is 69.2. The molecule has 5 rings (SSSR count). The van der Waals surface area contributed by atoms with Crippen LogP contribution < -0.4 is 28.3 Å². The number of hydrogen-bond acceptors (Lipinski definition) is 18. The number of benzene rings is 1. The summed E-state index contributed by atoms with van der Waals surface area (Å²) in [6.45, 7) is 0. The SMILES string of the molecule is Nc1nc(/C(=N/O[C@H](C(=O)O)c2ccc(O)c(O)c2)C(=O)NC2C(=O)N3C(C(=O)O)=C(CSc4nc(N)c(N)c(N)n4)CS[C@H]23)cs1. The van der Waals surface area contributed by atoms with E-state index in [1.807, 2.05) is 0 Å². The van der Waals surface area contributed by atoms with Crippen molar-refractivity contribution in [3.05, 3.63) is 46.1 Å². The van der Waals surface area contributed by atoms with Crippen molar-refractivity contribution in [3.8, 4) is 11.5 Å². The van der Waals surface area contributed by atoms with Crippen LogP contribution in [0.2, 0.25) is 0 Å². The predicted molar refractivity (Wildman–Crippen MR) is 170 cm³/mol. The van der Waals surface area contributed by atoms with Crippen LogP contribution in [-0.2, 0) is 24.0 Å². The molecule has 2 amide bonds. The Balaban J connectivity index is 1.35. The van der Waals surface area contributed by atoms with Crippen LogP contribution >= 0.6 is 34.9 Å². The Kier molecular flexibility index (Phi) is 9.17. The summed E-state index contributed by atoms with van der Waals surface area (Å²) in [5.74, 6) is -5.57. The zero-order valence-electron chi connectivity index (χ0n) is 23.6. The zero-order chi connectivity index (χ0) is 34.2. The van der Waals surface area contributed by atoms with Crippen molar-refractivity contribution in [1.29, 1.82) is 0 Å². The summed E-state index contributed by atoms with van der Waals surface area (Å²) in [6.07, 6.45) is -1.83. The topological polar surface area (TPSA) is 329 Å². The molecule has 2 aliphatic rings. The number of carbonyl (C=O) groups excluding carboxylic acids is 2. The Morgan fingerprint density at radius 3 is 2.40 bits per heavy atom. The number of nitrogens with one attached hydrogen (secondary N) is 1. The first-order valence-corrected chi connectivity index (χ1v) is 15.9. The van der Waals surface area contributed by atoms with Crippen LogP contribution in [0.5, 0.6) is 11.5 Å². The zero-order valence-corrected chi connectivity index (χ0v) is 26.0. The van der Waals surface area contributed by atoms with Gasteiger partial charge in [-0.15, -0.1) is 23.1 Å². The molecule has 3 atom stereocenters. The van der Waals surface area contributed by atoms with Crippen molar-refractivity contribution in [2.24, 2.45) is 5.16 Å². The normalized spacial score (nSPS) is 18.3. The molecule has 22 heteroatoms. The van der Waals surface area contributed by atoms with Crippen molar-refractivity contribution in [1.82, 2.24) is 25.2 Å². The smallest absolute Gasteiger partial charge is 0.352 e. The lowest BCUT2D eigenvalue weighted by molar-refractivity contribution is -0.151. The van der Waals surface area contributed by atoms with E-state index in [4.69, 9.17) is 27.8 Å². The second-order valence-electron chi connectivity index (χ2n) is 9.68. The van der Waals surface area contributed by atoms with Gasteiger partial charge in [-0.05, 0) is 17.7 Å². The number of nitrogens with two attached hydrogens (primary N) is 4. The molecule has 47 heavy (non-hydrogen) atoms. The van der Waals surface area contributed by atoms with Crippen molar-refractivity contribution in [2.75, 3.05) is 34.4 Å². The molecule has 2 aliphatic heterocycles. The molecule has 0 spiro atoms. The summed E-state index contributed by atoms with van der Waals surface area (Å²) in [5, 5.41) is 46.0. The van der Waals surface area contributed by atoms with E-state index in [1.54, 1.807) is 0 Å². The van der Waals surface area contributed by atoms with Crippen LogP contribution in [-0.4, -0.2) is 92.7 Å². The molecule has 3 aromatic rings. The number of thiazole rings is 1. The molecule has 0 radical (unpaired) electrons. The maximum atomic E-state index is 13.4. The van der Waals surface area contributed by atoms with Gasteiger partial charge in [0.05, 0.1) is 0 Å². The molecule has 4 heterocycles. The molecule has 0 bridgehead atoms. The first-order chi connectivity index (χ1) is 22.3. The molecule has 1 unspecified atom stereocenters. The summed E-state index contributed by atoms with van der Waals surface area (Å²) in [5.41, 5.74) is 22.2. The number of nitrogen functional groups attached to an aromatic ring is 4. The minimum absolute atomic E-state index is 0.0208. The summed E-state index contributed by atoms with van der Waals surface area (Å²) in [6, 6.07) is 1.96. The second kappa shape index (κ2) is 13.1. The van der Waals surface area contributed by atoms with Crippen molar-refractivity contribution >= 4 is 86.8 Å². The number of aromatic hydroxyl groups is 2. The van der Waals surface area contributed by atoms with Crippen molar-refractivity contribution < 1.29 is 44.4 Å². The molecule has 0 saturated carbocycles. The molecule has 2 aromatic heterocycles. The third-order valence-electron chi connectivity index (χ3n) is 6.65. The summed E-state index contributed by atoms with van der Waals surface area (Å²) in [7, 11) is 0. The molecule has 1 saturated heterocycles. The number of carboxylic acid groups (broad SMARTS) is 2. The predicted octanol–water partition coefficient (Wildman–Crippen LogP) is -0.249. The molecule has 19 nitrogen and oxygen atoms in total. The highest BCUT2D eigenvalue weighted by Crippen LogP contribution is 2.41. The van der Waals surface area contributed by atoms with Crippen LogP contribution in [0.3, 0.4) is 0 Å². The average Bonchev–Trinajstić information content (AvgIpc) is 3.45. The van der Waals surface area contributed by atoms with Gasteiger partial charge in [0.1, 0.15) is 28.5 Å². The number of rotatable bonds is 11. The number of carboxylic acids is 2. The number of hydrogen-bond donors (Lipinski definition) is 9. The minimum atomic E-state index is -1.83. The number of carbonyl (C=O) groups is 4. The molecule has 1 aromatic carbocycles. The van der Waals surface area contributed by atoms with E-state index in [-0.39, 0.29) is 56.1 Å². The van der Waals surface area contributed by atoms with Crippen molar-refractivity contribution in [2.45, 2.75) is 22.7 Å². The first-order valence-electron chi connectivity index (χ1n) is 13.0. The number of amides is 2. The Labute approximate surface area is 275 Å². The van der Waals surface area contributed by atoms with E-state index in [1.165, 1.54) is 23.2 Å². The number of fused-ring (bicyclic) bond motifs is 1. The van der Waals surface area contributed by atoms with Gasteiger partial charge in [-0.25, -0.2) is 24.5 Å². The number of thioether (sulfide) groups is 2. The molecule has 0 aliphatic carbocycles. The van der Waals surface area contributed by atoms with Crippen molar-refractivity contribution in [3.63, 3.8) is 0 Å². The summed E-state index contributed by atoms with van der Waals surface area (Å²) < 4.78 is 0. The Morgan fingerprint density at radius 2 is 1.81 bits per heavy atom. The number of anilines is 4. The molecule has 246 valence electrons. The van der Waals surface area contributed by atoms with E-state index in [0.29, 0.717) is 5.57 Å². The lowest BCUT2D eigenvalue weighted by atomic mass is 10.0. The van der Waals surface area contributed by atoms with E-state index < -0.39 is 58.5 Å². The van der Waals surface area contributed by atoms with Gasteiger partial charge in [-0.2, -0.15) is 0 Å². The maximum absolute atomic E-state index is 13.4. The number of aromatic nitrogens is 3. The molecular formula is C25H24N10O9S3. The molecular weight excluding hydrogens is 681 g/mol. The largest absolute Gasteiger partial charge is 0.504 e. The Bertz CT molecular complexity index is 1840. The maximum Gasteiger partial charge on any atom is 0.352 e. The highest BCUT2D eigenvalue weighted by Gasteiger charge is 2.54. The molecule has 1 fully saturated rings. The van der Waals surface area contributed by atoms with Gasteiger partial charge in [0.15, 0.2) is 39.1 Å². The average molecular weight is 705 g/mol. The highest BCUT2D eigenvalue weighted by atomic mass is 32.2. The third kappa shape index (κ3) is 6.59. The van der Waals surface area contributed by atoms with Gasteiger partial charge in [-0.3, -0.25) is 14.5 Å². The Hall–Kier alpha value is -5.48. The number of phenolic OH excluding ortho intramolecular Hbond substituents is 2. The van der Waals surface area contributed by atoms with Crippen LogP contribution in [0, 0.1) is 0 Å². The number of aliphatic carboxylic acids is 2. The van der Waals surface area contributed by atoms with Gasteiger partial charge >= 0.3 is 11.9 Å². The quantitative estimate of drug-likeness (QED) is 0.0310. The van der Waals surface area contributed by atoms with Crippen LogP contribution in [0.4, 0.5) is 22.5 Å². The number of phenols is 2. The van der Waals surface area contributed by atoms with Gasteiger partial charge in [-0.1, -0.05) is 23.0 Å². The number of nitrogens with zero attached hydrogens (tertiary/aromatic N) is 5. The fraction of sp³-hybridized carbons (Fsp3) is 0.200.